The lowest BCUT2D eigenvalue weighted by atomic mass is 9.94. The second-order valence-corrected chi connectivity index (χ2v) is 6.36. The van der Waals surface area contributed by atoms with Gasteiger partial charge in [0, 0.05) is 9.89 Å². The summed E-state index contributed by atoms with van der Waals surface area (Å²) in [6.45, 7) is 7.52. The van der Waals surface area contributed by atoms with E-state index in [-0.39, 0.29) is 18.6 Å². The maximum absolute atomic E-state index is 11.9. The Kier molecular flexibility index (Phi) is 4.93. The molecule has 0 bridgehead atoms. The van der Waals surface area contributed by atoms with E-state index in [4.69, 9.17) is 0 Å². The zero-order valence-electron chi connectivity index (χ0n) is 11.2. The van der Waals surface area contributed by atoms with Crippen molar-refractivity contribution in [2.45, 2.75) is 40.3 Å². The van der Waals surface area contributed by atoms with Crippen molar-refractivity contribution in [3.8, 4) is 0 Å². The average molecular weight is 314 g/mol. The standard InChI is InChI=1S/C14H20BrNO2/c1-9(16-13(18)14(2,3)4)12-6-5-11(15)7-10(12)8-17/h5-7,9,17H,8H2,1-4H3,(H,16,18). The fourth-order valence-electron chi connectivity index (χ4n) is 1.62. The molecule has 4 heteroatoms. The number of amides is 1. The molecule has 1 atom stereocenters. The Labute approximate surface area is 117 Å². The molecule has 1 rings (SSSR count). The lowest BCUT2D eigenvalue weighted by Crippen LogP contribution is -2.36. The molecule has 100 valence electrons. The van der Waals surface area contributed by atoms with Crippen LogP contribution in [0, 0.1) is 5.41 Å². The Hall–Kier alpha value is -0.870. The largest absolute Gasteiger partial charge is 0.392 e. The molecule has 18 heavy (non-hydrogen) atoms. The zero-order valence-corrected chi connectivity index (χ0v) is 12.8. The molecular formula is C14H20BrNO2. The van der Waals surface area contributed by atoms with Crippen LogP contribution in [0.25, 0.3) is 0 Å². The first kappa shape index (κ1) is 15.2. The molecule has 0 fully saturated rings. The number of halogens is 1. The van der Waals surface area contributed by atoms with Gasteiger partial charge in [-0.3, -0.25) is 4.79 Å². The number of nitrogens with one attached hydrogen (secondary N) is 1. The average Bonchev–Trinajstić information content (AvgIpc) is 2.27. The van der Waals surface area contributed by atoms with Crippen LogP contribution in [0.5, 0.6) is 0 Å². The molecule has 0 aliphatic rings. The summed E-state index contributed by atoms with van der Waals surface area (Å²) in [5.74, 6) is 0.00167. The van der Waals surface area contributed by atoms with Crippen molar-refractivity contribution in [1.82, 2.24) is 5.32 Å². The van der Waals surface area contributed by atoms with E-state index in [0.717, 1.165) is 15.6 Å². The van der Waals surface area contributed by atoms with Gasteiger partial charge in [0.1, 0.15) is 0 Å². The Morgan fingerprint density at radius 3 is 2.56 bits per heavy atom. The molecule has 0 saturated carbocycles. The van der Waals surface area contributed by atoms with Crippen molar-refractivity contribution in [3.05, 3.63) is 33.8 Å². The topological polar surface area (TPSA) is 49.3 Å². The van der Waals surface area contributed by atoms with E-state index in [1.807, 2.05) is 45.9 Å². The van der Waals surface area contributed by atoms with Crippen molar-refractivity contribution in [1.29, 1.82) is 0 Å². The lowest BCUT2D eigenvalue weighted by Gasteiger charge is -2.23. The van der Waals surface area contributed by atoms with Gasteiger partial charge in [-0.1, -0.05) is 42.8 Å². The van der Waals surface area contributed by atoms with Crippen molar-refractivity contribution >= 4 is 21.8 Å². The molecule has 0 spiro atoms. The van der Waals surface area contributed by atoms with Crippen LogP contribution in [0.3, 0.4) is 0 Å². The number of hydrogen-bond donors (Lipinski definition) is 2. The summed E-state index contributed by atoms with van der Waals surface area (Å²) in [7, 11) is 0. The summed E-state index contributed by atoms with van der Waals surface area (Å²) in [6, 6.07) is 5.58. The van der Waals surface area contributed by atoms with E-state index < -0.39 is 5.41 Å². The smallest absolute Gasteiger partial charge is 0.225 e. The number of hydrogen-bond acceptors (Lipinski definition) is 2. The van der Waals surface area contributed by atoms with Gasteiger partial charge in [0.15, 0.2) is 0 Å². The van der Waals surface area contributed by atoms with Gasteiger partial charge in [0.05, 0.1) is 12.6 Å². The van der Waals surface area contributed by atoms with Crippen LogP contribution in [-0.4, -0.2) is 11.0 Å². The summed E-state index contributed by atoms with van der Waals surface area (Å²) >= 11 is 3.37. The van der Waals surface area contributed by atoms with Crippen molar-refractivity contribution in [3.63, 3.8) is 0 Å². The molecule has 3 nitrogen and oxygen atoms in total. The maximum Gasteiger partial charge on any atom is 0.225 e. The molecule has 1 aromatic carbocycles. The summed E-state index contributed by atoms with van der Waals surface area (Å²) in [5.41, 5.74) is 1.35. The van der Waals surface area contributed by atoms with E-state index in [2.05, 4.69) is 21.2 Å². The minimum absolute atomic E-state index is 0.00167. The Morgan fingerprint density at radius 2 is 2.06 bits per heavy atom. The SMILES string of the molecule is CC(NC(=O)C(C)(C)C)c1ccc(Br)cc1CO. The number of carbonyl (C=O) groups excluding carboxylic acids is 1. The van der Waals surface area contributed by atoms with Gasteiger partial charge < -0.3 is 10.4 Å². The van der Waals surface area contributed by atoms with E-state index in [1.165, 1.54) is 0 Å². The Bertz CT molecular complexity index is 438. The van der Waals surface area contributed by atoms with Gasteiger partial charge in [-0.2, -0.15) is 0 Å². The van der Waals surface area contributed by atoms with E-state index in [1.54, 1.807) is 0 Å². The monoisotopic (exact) mass is 313 g/mol. The third-order valence-electron chi connectivity index (χ3n) is 2.77. The molecule has 0 radical (unpaired) electrons. The number of aliphatic hydroxyl groups is 1. The minimum Gasteiger partial charge on any atom is -0.392 e. The van der Waals surface area contributed by atoms with Crippen molar-refractivity contribution in [2.75, 3.05) is 0 Å². The van der Waals surface area contributed by atoms with Crippen molar-refractivity contribution in [2.24, 2.45) is 5.41 Å². The quantitative estimate of drug-likeness (QED) is 0.900. The van der Waals surface area contributed by atoms with Gasteiger partial charge >= 0.3 is 0 Å². The van der Waals surface area contributed by atoms with Gasteiger partial charge in [-0.25, -0.2) is 0 Å². The van der Waals surface area contributed by atoms with Crippen molar-refractivity contribution < 1.29 is 9.90 Å². The number of benzene rings is 1. The van der Waals surface area contributed by atoms with Gasteiger partial charge in [-0.05, 0) is 30.2 Å². The molecule has 0 heterocycles. The van der Waals surface area contributed by atoms with E-state index >= 15 is 0 Å². The predicted octanol–water partition coefficient (Wildman–Crippen LogP) is 3.16. The fraction of sp³-hybridized carbons (Fsp3) is 0.500. The number of rotatable bonds is 3. The molecule has 0 saturated heterocycles. The van der Waals surface area contributed by atoms with Crippen LogP contribution in [0.4, 0.5) is 0 Å². The summed E-state index contributed by atoms with van der Waals surface area (Å²) in [5, 5.41) is 12.3. The minimum atomic E-state index is -0.414. The molecule has 0 aromatic heterocycles. The first-order chi connectivity index (χ1) is 8.25. The summed E-state index contributed by atoms with van der Waals surface area (Å²) in [4.78, 5) is 11.9. The highest BCUT2D eigenvalue weighted by atomic mass is 79.9. The molecule has 1 aromatic rings. The lowest BCUT2D eigenvalue weighted by molar-refractivity contribution is -0.129. The second kappa shape index (κ2) is 5.85. The van der Waals surface area contributed by atoms with Crippen LogP contribution in [-0.2, 0) is 11.4 Å². The third-order valence-corrected chi connectivity index (χ3v) is 3.26. The molecular weight excluding hydrogens is 294 g/mol. The van der Waals surface area contributed by atoms with Crippen LogP contribution < -0.4 is 5.32 Å². The van der Waals surface area contributed by atoms with E-state index in [0.29, 0.717) is 0 Å². The molecule has 0 aliphatic carbocycles. The van der Waals surface area contributed by atoms with Crippen LogP contribution in [0.2, 0.25) is 0 Å². The highest BCUT2D eigenvalue weighted by Crippen LogP contribution is 2.24. The predicted molar refractivity (Wildman–Crippen MR) is 76.1 cm³/mol. The van der Waals surface area contributed by atoms with Crippen LogP contribution in [0.1, 0.15) is 44.9 Å². The highest BCUT2D eigenvalue weighted by Gasteiger charge is 2.23. The Balaban J connectivity index is 2.91. The first-order valence-electron chi connectivity index (χ1n) is 5.96. The van der Waals surface area contributed by atoms with Crippen LogP contribution >= 0.6 is 15.9 Å². The third kappa shape index (κ3) is 3.82. The number of carbonyl (C=O) groups is 1. The van der Waals surface area contributed by atoms with E-state index in [9.17, 15) is 9.90 Å². The molecule has 2 N–H and O–H groups in total. The van der Waals surface area contributed by atoms with Gasteiger partial charge in [0.2, 0.25) is 5.91 Å². The molecule has 1 unspecified atom stereocenters. The summed E-state index contributed by atoms with van der Waals surface area (Å²) in [6.07, 6.45) is 0. The maximum atomic E-state index is 11.9. The zero-order chi connectivity index (χ0) is 13.9. The van der Waals surface area contributed by atoms with Gasteiger partial charge in [0.25, 0.3) is 0 Å². The van der Waals surface area contributed by atoms with Gasteiger partial charge in [-0.15, -0.1) is 0 Å². The summed E-state index contributed by atoms with van der Waals surface area (Å²) < 4.78 is 0.921. The fourth-order valence-corrected chi connectivity index (χ4v) is 2.03. The first-order valence-corrected chi connectivity index (χ1v) is 6.75. The molecule has 1 amide bonds. The highest BCUT2D eigenvalue weighted by molar-refractivity contribution is 9.10. The Morgan fingerprint density at radius 1 is 1.44 bits per heavy atom. The molecule has 0 aliphatic heterocycles. The van der Waals surface area contributed by atoms with Crippen LogP contribution in [0.15, 0.2) is 22.7 Å². The second-order valence-electron chi connectivity index (χ2n) is 5.45. The normalized spacial score (nSPS) is 13.2. The number of aliphatic hydroxyl groups excluding tert-OH is 1.